The lowest BCUT2D eigenvalue weighted by atomic mass is 9.95. The fraction of sp³-hybridized carbons (Fsp3) is 0.0968. The number of aliphatic hydroxyl groups excluding tert-OH is 1. The third kappa shape index (κ3) is 4.69. The second-order valence-electron chi connectivity index (χ2n) is 8.72. The highest BCUT2D eigenvalue weighted by molar-refractivity contribution is 6.51. The highest BCUT2D eigenvalue weighted by Gasteiger charge is 2.47. The number of ether oxygens (including phenoxy) is 2. The smallest absolute Gasteiger partial charge is 0.300 e. The summed E-state index contributed by atoms with van der Waals surface area (Å²) < 4.78 is 11.3. The van der Waals surface area contributed by atoms with Crippen LogP contribution in [0.3, 0.4) is 0 Å². The molecule has 1 fully saturated rings. The van der Waals surface area contributed by atoms with E-state index in [1.54, 1.807) is 54.6 Å². The summed E-state index contributed by atoms with van der Waals surface area (Å²) in [4.78, 5) is 28.2. The van der Waals surface area contributed by atoms with Crippen LogP contribution in [0, 0.1) is 6.92 Å². The lowest BCUT2D eigenvalue weighted by Crippen LogP contribution is -2.29. The van der Waals surface area contributed by atoms with E-state index < -0.39 is 17.7 Å². The van der Waals surface area contributed by atoms with Crippen molar-refractivity contribution in [3.63, 3.8) is 0 Å². The summed E-state index contributed by atoms with van der Waals surface area (Å²) in [5.41, 5.74) is 2.57. The van der Waals surface area contributed by atoms with Crippen molar-refractivity contribution in [1.29, 1.82) is 0 Å². The summed E-state index contributed by atoms with van der Waals surface area (Å²) in [5, 5.41) is 11.4. The van der Waals surface area contributed by atoms with Crippen LogP contribution in [0.15, 0.2) is 109 Å². The zero-order valence-corrected chi connectivity index (χ0v) is 20.4. The Morgan fingerprint density at radius 3 is 2.19 bits per heavy atom. The Morgan fingerprint density at radius 1 is 0.784 bits per heavy atom. The SMILES string of the molecule is COc1cccc(/C(O)=C2/C(=O)C(=O)N(c3ccc(C)cc3)C2c2cccc(Oc3ccccc3)c2)c1. The van der Waals surface area contributed by atoms with Gasteiger partial charge in [-0.2, -0.15) is 0 Å². The number of Topliss-reactive ketones (excluding diaryl/α,β-unsaturated/α-hetero) is 1. The molecule has 1 amide bonds. The van der Waals surface area contributed by atoms with Crippen LogP contribution in [0.25, 0.3) is 5.76 Å². The molecule has 0 aromatic heterocycles. The molecular weight excluding hydrogens is 466 g/mol. The molecule has 6 nitrogen and oxygen atoms in total. The van der Waals surface area contributed by atoms with Crippen LogP contribution in [0.2, 0.25) is 0 Å². The standard InChI is InChI=1S/C31H25NO5/c1-20-14-16-23(17-15-20)32-28(21-8-6-13-26(18-21)37-24-10-4-3-5-11-24)27(30(34)31(32)35)29(33)22-9-7-12-25(19-22)36-2/h3-19,28,33H,1-2H3/b29-27-. The second kappa shape index (κ2) is 10.0. The molecule has 37 heavy (non-hydrogen) atoms. The van der Waals surface area contributed by atoms with Crippen LogP contribution < -0.4 is 14.4 Å². The molecule has 4 aromatic rings. The number of carbonyl (C=O) groups is 2. The molecule has 1 heterocycles. The number of anilines is 1. The predicted octanol–water partition coefficient (Wildman–Crippen LogP) is 6.42. The maximum absolute atomic E-state index is 13.4. The van der Waals surface area contributed by atoms with Crippen molar-refractivity contribution < 1.29 is 24.2 Å². The van der Waals surface area contributed by atoms with Crippen LogP contribution in [0.5, 0.6) is 17.2 Å². The van der Waals surface area contributed by atoms with E-state index in [2.05, 4.69) is 0 Å². The average molecular weight is 492 g/mol. The zero-order chi connectivity index (χ0) is 25.9. The molecule has 1 unspecified atom stereocenters. The highest BCUT2D eigenvalue weighted by Crippen LogP contribution is 2.43. The van der Waals surface area contributed by atoms with Crippen LogP contribution in [0.1, 0.15) is 22.7 Å². The Balaban J connectivity index is 1.67. The summed E-state index contributed by atoms with van der Waals surface area (Å²) >= 11 is 0. The summed E-state index contributed by atoms with van der Waals surface area (Å²) in [5.74, 6) is -0.0333. The van der Waals surface area contributed by atoms with Gasteiger partial charge in [0.15, 0.2) is 0 Å². The number of benzene rings is 4. The molecule has 5 rings (SSSR count). The molecule has 4 aromatic carbocycles. The van der Waals surface area contributed by atoms with Gasteiger partial charge in [-0.1, -0.05) is 60.2 Å². The normalized spacial score (nSPS) is 16.6. The first-order valence-corrected chi connectivity index (χ1v) is 11.8. The quantitative estimate of drug-likeness (QED) is 0.191. The second-order valence-corrected chi connectivity index (χ2v) is 8.72. The monoisotopic (exact) mass is 491 g/mol. The number of carbonyl (C=O) groups excluding carboxylic acids is 2. The van der Waals surface area contributed by atoms with Crippen molar-refractivity contribution in [2.45, 2.75) is 13.0 Å². The van der Waals surface area contributed by atoms with Gasteiger partial charge in [0, 0.05) is 11.3 Å². The number of aryl methyl sites for hydroxylation is 1. The zero-order valence-electron chi connectivity index (χ0n) is 20.4. The molecule has 1 atom stereocenters. The van der Waals surface area contributed by atoms with E-state index in [-0.39, 0.29) is 11.3 Å². The number of aliphatic hydroxyl groups is 1. The van der Waals surface area contributed by atoms with Gasteiger partial charge in [0.1, 0.15) is 23.0 Å². The first-order chi connectivity index (χ1) is 18.0. The van der Waals surface area contributed by atoms with Crippen molar-refractivity contribution in [2.75, 3.05) is 12.0 Å². The van der Waals surface area contributed by atoms with Crippen LogP contribution in [-0.2, 0) is 9.59 Å². The molecular formula is C31H25NO5. The number of nitrogens with zero attached hydrogens (tertiary/aromatic N) is 1. The molecule has 0 aliphatic carbocycles. The average Bonchev–Trinajstić information content (AvgIpc) is 3.19. The van der Waals surface area contributed by atoms with Crippen LogP contribution >= 0.6 is 0 Å². The number of rotatable bonds is 6. The Bertz CT molecular complexity index is 1490. The number of methoxy groups -OCH3 is 1. The number of ketones is 1. The van der Waals surface area contributed by atoms with Crippen molar-refractivity contribution >= 4 is 23.1 Å². The lowest BCUT2D eigenvalue weighted by molar-refractivity contribution is -0.132. The van der Waals surface area contributed by atoms with Crippen molar-refractivity contribution in [3.05, 3.63) is 125 Å². The molecule has 0 spiro atoms. The molecule has 1 aliphatic rings. The number of para-hydroxylation sites is 1. The lowest BCUT2D eigenvalue weighted by Gasteiger charge is -2.26. The molecule has 184 valence electrons. The third-order valence-corrected chi connectivity index (χ3v) is 6.25. The molecule has 6 heteroatoms. The van der Waals surface area contributed by atoms with Gasteiger partial charge in [-0.05, 0) is 61.0 Å². The van der Waals surface area contributed by atoms with Gasteiger partial charge in [-0.15, -0.1) is 0 Å². The first-order valence-electron chi connectivity index (χ1n) is 11.8. The van der Waals surface area contributed by atoms with E-state index in [4.69, 9.17) is 9.47 Å². The van der Waals surface area contributed by atoms with E-state index in [0.29, 0.717) is 34.1 Å². The van der Waals surface area contributed by atoms with Gasteiger partial charge in [0.25, 0.3) is 11.7 Å². The van der Waals surface area contributed by atoms with Crippen LogP contribution in [0.4, 0.5) is 5.69 Å². The van der Waals surface area contributed by atoms with Gasteiger partial charge < -0.3 is 14.6 Å². The van der Waals surface area contributed by atoms with E-state index in [1.165, 1.54) is 12.0 Å². The minimum atomic E-state index is -0.867. The Hall–Kier alpha value is -4.84. The van der Waals surface area contributed by atoms with E-state index >= 15 is 0 Å². The van der Waals surface area contributed by atoms with Crippen molar-refractivity contribution in [1.82, 2.24) is 0 Å². The maximum Gasteiger partial charge on any atom is 0.300 e. The largest absolute Gasteiger partial charge is 0.507 e. The van der Waals surface area contributed by atoms with Crippen molar-refractivity contribution in [2.24, 2.45) is 0 Å². The maximum atomic E-state index is 13.4. The van der Waals surface area contributed by atoms with Gasteiger partial charge >= 0.3 is 0 Å². The Labute approximate surface area is 215 Å². The molecule has 1 N–H and O–H groups in total. The summed E-state index contributed by atoms with van der Waals surface area (Å²) in [6.45, 7) is 1.95. The van der Waals surface area contributed by atoms with E-state index in [1.807, 2.05) is 55.5 Å². The Kier molecular flexibility index (Phi) is 6.47. The fourth-order valence-electron chi connectivity index (χ4n) is 4.42. The van der Waals surface area contributed by atoms with Crippen LogP contribution in [-0.4, -0.2) is 23.9 Å². The fourth-order valence-corrected chi connectivity index (χ4v) is 4.42. The molecule has 0 saturated carbocycles. The molecule has 0 radical (unpaired) electrons. The van der Waals surface area contributed by atoms with E-state index in [0.717, 1.165) is 5.56 Å². The van der Waals surface area contributed by atoms with Crippen molar-refractivity contribution in [3.8, 4) is 17.2 Å². The predicted molar refractivity (Wildman–Crippen MR) is 142 cm³/mol. The Morgan fingerprint density at radius 2 is 1.46 bits per heavy atom. The number of hydrogen-bond acceptors (Lipinski definition) is 5. The summed E-state index contributed by atoms with van der Waals surface area (Å²) in [7, 11) is 1.52. The minimum absolute atomic E-state index is 0.00399. The topological polar surface area (TPSA) is 76.1 Å². The van der Waals surface area contributed by atoms with E-state index in [9.17, 15) is 14.7 Å². The third-order valence-electron chi connectivity index (χ3n) is 6.25. The molecule has 1 aliphatic heterocycles. The summed E-state index contributed by atoms with van der Waals surface area (Å²) in [6, 6.07) is 29.8. The molecule has 0 bridgehead atoms. The number of amides is 1. The number of hydrogen-bond donors (Lipinski definition) is 1. The van der Waals surface area contributed by atoms with Gasteiger partial charge in [0.2, 0.25) is 0 Å². The highest BCUT2D eigenvalue weighted by atomic mass is 16.5. The molecule has 1 saturated heterocycles. The van der Waals surface area contributed by atoms with Gasteiger partial charge in [-0.25, -0.2) is 0 Å². The minimum Gasteiger partial charge on any atom is -0.507 e. The van der Waals surface area contributed by atoms with Gasteiger partial charge in [0.05, 0.1) is 18.7 Å². The van der Waals surface area contributed by atoms with Gasteiger partial charge in [-0.3, -0.25) is 14.5 Å². The summed E-state index contributed by atoms with van der Waals surface area (Å²) in [6.07, 6.45) is 0. The first kappa shape index (κ1) is 23.9.